The standard InChI is InChI=1S/C22H19FN2O3S/c1-15(2)21-14-22(25(24-21)19-10-8-18(23)9-11-19)28-29(26,27)20-12-7-16-5-3-4-6-17(16)13-20/h3-15H,1-2H3. The zero-order valence-corrected chi connectivity index (χ0v) is 16.7. The van der Waals surface area contributed by atoms with Crippen LogP contribution < -0.4 is 4.18 Å². The van der Waals surface area contributed by atoms with Crippen LogP contribution in [0.5, 0.6) is 5.88 Å². The first kappa shape index (κ1) is 19.1. The fourth-order valence-corrected chi connectivity index (χ4v) is 3.92. The van der Waals surface area contributed by atoms with E-state index < -0.39 is 15.9 Å². The van der Waals surface area contributed by atoms with Gasteiger partial charge in [-0.15, -0.1) is 0 Å². The molecule has 29 heavy (non-hydrogen) atoms. The third-order valence-corrected chi connectivity index (χ3v) is 5.78. The normalized spacial score (nSPS) is 11.9. The van der Waals surface area contributed by atoms with E-state index in [1.807, 2.05) is 38.1 Å². The van der Waals surface area contributed by atoms with Gasteiger partial charge in [-0.3, -0.25) is 0 Å². The molecule has 0 aliphatic rings. The second-order valence-corrected chi connectivity index (χ2v) is 8.54. The highest BCUT2D eigenvalue weighted by atomic mass is 32.2. The van der Waals surface area contributed by atoms with Crippen molar-refractivity contribution in [3.05, 3.63) is 84.3 Å². The van der Waals surface area contributed by atoms with Gasteiger partial charge in [-0.2, -0.15) is 18.2 Å². The summed E-state index contributed by atoms with van der Waals surface area (Å²) in [7, 11) is -4.09. The number of hydrogen-bond acceptors (Lipinski definition) is 4. The molecule has 0 aliphatic heterocycles. The first-order valence-corrected chi connectivity index (χ1v) is 10.5. The lowest BCUT2D eigenvalue weighted by Gasteiger charge is -2.10. The summed E-state index contributed by atoms with van der Waals surface area (Å²) in [6, 6.07) is 19.5. The van der Waals surface area contributed by atoms with Gasteiger partial charge in [-0.25, -0.2) is 4.39 Å². The molecule has 3 aromatic carbocycles. The molecule has 1 aromatic heterocycles. The molecular formula is C22H19FN2O3S. The third kappa shape index (κ3) is 3.86. The quantitative estimate of drug-likeness (QED) is 0.432. The predicted octanol–water partition coefficient (Wildman–Crippen LogP) is 5.06. The van der Waals surface area contributed by atoms with Crippen molar-refractivity contribution in [1.29, 1.82) is 0 Å². The van der Waals surface area contributed by atoms with Crippen LogP contribution in [0.15, 0.2) is 77.7 Å². The first-order valence-electron chi connectivity index (χ1n) is 9.13. The Morgan fingerprint density at radius 1 is 0.931 bits per heavy atom. The Bertz CT molecular complexity index is 1280. The molecule has 0 fully saturated rings. The zero-order valence-electron chi connectivity index (χ0n) is 15.9. The monoisotopic (exact) mass is 410 g/mol. The van der Waals surface area contributed by atoms with Gasteiger partial charge in [0.2, 0.25) is 5.88 Å². The Hall–Kier alpha value is -3.19. The van der Waals surface area contributed by atoms with Crippen LogP contribution in [0.4, 0.5) is 4.39 Å². The van der Waals surface area contributed by atoms with E-state index in [9.17, 15) is 12.8 Å². The Kier molecular flexibility index (Phi) is 4.84. The van der Waals surface area contributed by atoms with Crippen LogP contribution in [-0.2, 0) is 10.1 Å². The minimum atomic E-state index is -4.09. The van der Waals surface area contributed by atoms with Gasteiger partial charge in [0.15, 0.2) is 0 Å². The summed E-state index contributed by atoms with van der Waals surface area (Å²) in [5.41, 5.74) is 1.17. The summed E-state index contributed by atoms with van der Waals surface area (Å²) < 4.78 is 46.0. The molecule has 0 spiro atoms. The van der Waals surface area contributed by atoms with E-state index in [2.05, 4.69) is 5.10 Å². The molecule has 0 atom stereocenters. The molecule has 0 aliphatic carbocycles. The molecule has 0 bridgehead atoms. The maximum Gasteiger partial charge on any atom is 0.340 e. The number of halogens is 1. The molecular weight excluding hydrogens is 391 g/mol. The molecule has 0 N–H and O–H groups in total. The van der Waals surface area contributed by atoms with Crippen molar-refractivity contribution >= 4 is 20.9 Å². The van der Waals surface area contributed by atoms with Crippen molar-refractivity contribution in [2.24, 2.45) is 0 Å². The molecule has 7 heteroatoms. The van der Waals surface area contributed by atoms with Crippen LogP contribution in [-0.4, -0.2) is 18.2 Å². The Labute approximate surface area is 168 Å². The van der Waals surface area contributed by atoms with Crippen molar-refractivity contribution in [2.45, 2.75) is 24.7 Å². The van der Waals surface area contributed by atoms with Crippen molar-refractivity contribution in [2.75, 3.05) is 0 Å². The minimum Gasteiger partial charge on any atom is -0.358 e. The number of hydrogen-bond donors (Lipinski definition) is 0. The molecule has 148 valence electrons. The number of benzene rings is 3. The van der Waals surface area contributed by atoms with Gasteiger partial charge in [0, 0.05) is 6.07 Å². The van der Waals surface area contributed by atoms with E-state index in [1.54, 1.807) is 18.2 Å². The molecule has 0 saturated heterocycles. The van der Waals surface area contributed by atoms with E-state index in [-0.39, 0.29) is 16.7 Å². The molecule has 0 saturated carbocycles. The fourth-order valence-electron chi connectivity index (χ4n) is 2.97. The Balaban J connectivity index is 1.76. The SMILES string of the molecule is CC(C)c1cc(OS(=O)(=O)c2ccc3ccccc3c2)n(-c2ccc(F)cc2)n1. The van der Waals surface area contributed by atoms with Crippen molar-refractivity contribution in [3.63, 3.8) is 0 Å². The summed E-state index contributed by atoms with van der Waals surface area (Å²) >= 11 is 0. The predicted molar refractivity (Wildman–Crippen MR) is 109 cm³/mol. The van der Waals surface area contributed by atoms with Gasteiger partial charge < -0.3 is 4.18 Å². The van der Waals surface area contributed by atoms with E-state index in [1.165, 1.54) is 35.0 Å². The van der Waals surface area contributed by atoms with Crippen LogP contribution in [0.2, 0.25) is 0 Å². The average Bonchev–Trinajstić information content (AvgIpc) is 3.11. The average molecular weight is 410 g/mol. The Morgan fingerprint density at radius 2 is 1.62 bits per heavy atom. The lowest BCUT2D eigenvalue weighted by atomic mass is 10.1. The van der Waals surface area contributed by atoms with E-state index >= 15 is 0 Å². The molecule has 0 amide bonds. The van der Waals surface area contributed by atoms with E-state index in [0.29, 0.717) is 11.4 Å². The molecule has 5 nitrogen and oxygen atoms in total. The van der Waals surface area contributed by atoms with Crippen LogP contribution in [0.3, 0.4) is 0 Å². The number of nitrogens with zero attached hydrogens (tertiary/aromatic N) is 2. The highest BCUT2D eigenvalue weighted by Crippen LogP contribution is 2.28. The molecule has 0 unspecified atom stereocenters. The zero-order chi connectivity index (χ0) is 20.6. The minimum absolute atomic E-state index is 0.0495. The summed E-state index contributed by atoms with van der Waals surface area (Å²) in [6.07, 6.45) is 0. The summed E-state index contributed by atoms with van der Waals surface area (Å²) in [4.78, 5) is 0.0501. The molecule has 4 aromatic rings. The second-order valence-electron chi connectivity index (χ2n) is 7.00. The van der Waals surface area contributed by atoms with E-state index in [4.69, 9.17) is 4.18 Å². The summed E-state index contributed by atoms with van der Waals surface area (Å²) in [6.45, 7) is 3.89. The lowest BCUT2D eigenvalue weighted by molar-refractivity contribution is 0.465. The lowest BCUT2D eigenvalue weighted by Crippen LogP contribution is -2.12. The van der Waals surface area contributed by atoms with Gasteiger partial charge in [0.1, 0.15) is 10.7 Å². The van der Waals surface area contributed by atoms with Crippen molar-refractivity contribution in [3.8, 4) is 11.6 Å². The fraction of sp³-hybridized carbons (Fsp3) is 0.136. The van der Waals surface area contributed by atoms with Gasteiger partial charge in [-0.05, 0) is 53.1 Å². The van der Waals surface area contributed by atoms with E-state index in [0.717, 1.165) is 10.8 Å². The second kappa shape index (κ2) is 7.33. The summed E-state index contributed by atoms with van der Waals surface area (Å²) in [5, 5.41) is 6.18. The van der Waals surface area contributed by atoms with Crippen LogP contribution in [0.1, 0.15) is 25.5 Å². The largest absolute Gasteiger partial charge is 0.358 e. The number of rotatable bonds is 5. The Morgan fingerprint density at radius 3 is 2.31 bits per heavy atom. The molecule has 4 rings (SSSR count). The number of fused-ring (bicyclic) bond motifs is 1. The third-order valence-electron chi connectivity index (χ3n) is 4.56. The highest BCUT2D eigenvalue weighted by molar-refractivity contribution is 7.87. The van der Waals surface area contributed by atoms with Crippen LogP contribution in [0.25, 0.3) is 16.5 Å². The van der Waals surface area contributed by atoms with Gasteiger partial charge in [-0.1, -0.05) is 44.2 Å². The van der Waals surface area contributed by atoms with Crippen molar-refractivity contribution in [1.82, 2.24) is 9.78 Å². The van der Waals surface area contributed by atoms with Gasteiger partial charge >= 0.3 is 10.1 Å². The maximum atomic E-state index is 13.3. The molecule has 1 heterocycles. The number of aromatic nitrogens is 2. The first-order chi connectivity index (χ1) is 13.8. The summed E-state index contributed by atoms with van der Waals surface area (Å²) in [5.74, 6) is -0.285. The van der Waals surface area contributed by atoms with Crippen LogP contribution in [0, 0.1) is 5.82 Å². The maximum absolute atomic E-state index is 13.3. The van der Waals surface area contributed by atoms with Gasteiger partial charge in [0.05, 0.1) is 11.4 Å². The van der Waals surface area contributed by atoms with Crippen molar-refractivity contribution < 1.29 is 17.0 Å². The van der Waals surface area contributed by atoms with Crippen LogP contribution >= 0.6 is 0 Å². The molecule has 0 radical (unpaired) electrons. The smallest absolute Gasteiger partial charge is 0.340 e. The van der Waals surface area contributed by atoms with Gasteiger partial charge in [0.25, 0.3) is 0 Å². The highest BCUT2D eigenvalue weighted by Gasteiger charge is 2.22. The topological polar surface area (TPSA) is 61.2 Å².